The summed E-state index contributed by atoms with van der Waals surface area (Å²) in [6, 6.07) is 12.8. The molecule has 0 aliphatic carbocycles. The first-order chi connectivity index (χ1) is 14.3. The summed E-state index contributed by atoms with van der Waals surface area (Å²) >= 11 is 11.7. The van der Waals surface area contributed by atoms with Crippen molar-refractivity contribution < 1.29 is 23.9 Å². The largest absolute Gasteiger partial charge is 0.455 e. The van der Waals surface area contributed by atoms with Gasteiger partial charge in [0.05, 0.1) is 23.0 Å². The highest BCUT2D eigenvalue weighted by Gasteiger charge is 2.36. The second kappa shape index (κ2) is 9.60. The van der Waals surface area contributed by atoms with Gasteiger partial charge in [0.15, 0.2) is 6.61 Å². The lowest BCUT2D eigenvalue weighted by Gasteiger charge is -2.18. The lowest BCUT2D eigenvalue weighted by atomic mass is 10.1. The summed E-state index contributed by atoms with van der Waals surface area (Å²) in [6.07, 6.45) is -0.138. The van der Waals surface area contributed by atoms with Gasteiger partial charge in [-0.3, -0.25) is 29.6 Å². The van der Waals surface area contributed by atoms with E-state index in [9.17, 15) is 19.2 Å². The third kappa shape index (κ3) is 5.49. The van der Waals surface area contributed by atoms with Gasteiger partial charge in [-0.25, -0.2) is 0 Å². The Hall–Kier alpha value is -3.10. The maximum Gasteiger partial charge on any atom is 0.311 e. The fraction of sp³-hybridized carbons (Fsp3) is 0.200. The molecule has 0 unspecified atom stereocenters. The Labute approximate surface area is 182 Å². The minimum atomic E-state index is -0.799. The van der Waals surface area contributed by atoms with Crippen molar-refractivity contribution in [1.82, 2.24) is 10.4 Å². The zero-order valence-corrected chi connectivity index (χ0v) is 17.1. The van der Waals surface area contributed by atoms with Gasteiger partial charge in [-0.15, -0.1) is 0 Å². The quantitative estimate of drug-likeness (QED) is 0.659. The van der Waals surface area contributed by atoms with Crippen LogP contribution < -0.4 is 10.7 Å². The van der Waals surface area contributed by atoms with Gasteiger partial charge in [0.1, 0.15) is 0 Å². The molecule has 0 bridgehead atoms. The van der Waals surface area contributed by atoms with Crippen LogP contribution in [0.5, 0.6) is 0 Å². The molecule has 0 saturated carbocycles. The molecule has 1 aliphatic rings. The van der Waals surface area contributed by atoms with Crippen LogP contribution in [0.4, 0.5) is 5.69 Å². The molecule has 156 valence electrons. The number of carbonyl (C=O) groups excluding carboxylic acids is 4. The number of hydrazine groups is 1. The van der Waals surface area contributed by atoms with Crippen molar-refractivity contribution in [1.29, 1.82) is 0 Å². The van der Waals surface area contributed by atoms with E-state index in [-0.39, 0.29) is 23.6 Å². The van der Waals surface area contributed by atoms with E-state index >= 15 is 0 Å². The number of anilines is 1. The van der Waals surface area contributed by atoms with Crippen LogP contribution in [0.3, 0.4) is 0 Å². The zero-order chi connectivity index (χ0) is 21.7. The summed E-state index contributed by atoms with van der Waals surface area (Å²) in [7, 11) is 0. The average molecular weight is 450 g/mol. The van der Waals surface area contributed by atoms with E-state index in [0.717, 1.165) is 5.01 Å². The number of carbonyl (C=O) groups is 4. The smallest absolute Gasteiger partial charge is 0.311 e. The van der Waals surface area contributed by atoms with Gasteiger partial charge in [-0.05, 0) is 36.4 Å². The number of halogens is 2. The van der Waals surface area contributed by atoms with E-state index in [1.165, 1.54) is 6.07 Å². The topological polar surface area (TPSA) is 105 Å². The Kier molecular flexibility index (Phi) is 6.91. The Morgan fingerprint density at radius 1 is 1.07 bits per heavy atom. The van der Waals surface area contributed by atoms with Crippen LogP contribution in [-0.2, 0) is 19.1 Å². The molecule has 1 heterocycles. The van der Waals surface area contributed by atoms with Crippen LogP contribution in [0.15, 0.2) is 48.5 Å². The molecule has 3 rings (SSSR count). The number of ether oxygens (including phenoxy) is 1. The van der Waals surface area contributed by atoms with Crippen LogP contribution >= 0.6 is 23.2 Å². The first kappa shape index (κ1) is 21.6. The molecular weight excluding hydrogens is 433 g/mol. The Morgan fingerprint density at radius 3 is 2.47 bits per heavy atom. The van der Waals surface area contributed by atoms with Crippen LogP contribution in [-0.4, -0.2) is 41.9 Å². The number of nitrogens with one attached hydrogen (secondary N) is 2. The maximum atomic E-state index is 12.3. The minimum Gasteiger partial charge on any atom is -0.455 e. The lowest BCUT2D eigenvalue weighted by molar-refractivity contribution is -0.151. The lowest BCUT2D eigenvalue weighted by Crippen LogP contribution is -2.43. The fourth-order valence-electron chi connectivity index (χ4n) is 2.79. The summed E-state index contributed by atoms with van der Waals surface area (Å²) in [5.74, 6) is -3.04. The highest BCUT2D eigenvalue weighted by molar-refractivity contribution is 6.33. The number of benzene rings is 2. The van der Waals surface area contributed by atoms with Gasteiger partial charge in [0.2, 0.25) is 5.91 Å². The molecule has 1 saturated heterocycles. The van der Waals surface area contributed by atoms with Crippen LogP contribution in [0.2, 0.25) is 10.0 Å². The third-order valence-electron chi connectivity index (χ3n) is 4.29. The van der Waals surface area contributed by atoms with E-state index in [4.69, 9.17) is 27.9 Å². The molecule has 0 radical (unpaired) electrons. The summed E-state index contributed by atoms with van der Waals surface area (Å²) in [5, 5.41) is 4.37. The third-order valence-corrected chi connectivity index (χ3v) is 4.87. The number of hydrogen-bond donors (Lipinski definition) is 2. The van der Waals surface area contributed by atoms with E-state index in [0.29, 0.717) is 10.7 Å². The Morgan fingerprint density at radius 2 is 1.77 bits per heavy atom. The molecule has 1 atom stereocenters. The van der Waals surface area contributed by atoms with Gasteiger partial charge < -0.3 is 10.1 Å². The molecule has 30 heavy (non-hydrogen) atoms. The average Bonchev–Trinajstić information content (AvgIpc) is 3.08. The molecule has 2 N–H and O–H groups in total. The molecular formula is C20H17Cl2N3O5. The Balaban J connectivity index is 1.48. The van der Waals surface area contributed by atoms with Gasteiger partial charge in [0, 0.05) is 17.1 Å². The van der Waals surface area contributed by atoms with Crippen molar-refractivity contribution in [3.8, 4) is 0 Å². The molecule has 10 heteroatoms. The molecule has 0 spiro atoms. The van der Waals surface area contributed by atoms with Gasteiger partial charge in [-0.1, -0.05) is 35.3 Å². The predicted octanol–water partition coefficient (Wildman–Crippen LogP) is 2.67. The second-order valence-electron chi connectivity index (χ2n) is 6.49. The normalized spacial score (nSPS) is 15.6. The van der Waals surface area contributed by atoms with Crippen LogP contribution in [0.1, 0.15) is 16.8 Å². The summed E-state index contributed by atoms with van der Waals surface area (Å²) < 4.78 is 5.00. The van der Waals surface area contributed by atoms with E-state index in [1.807, 2.05) is 0 Å². The SMILES string of the molecule is O=C(COC(=O)[C@H]1CC(=O)N(NC(=O)c2ccccc2Cl)C1)Nc1ccc(Cl)cc1. The van der Waals surface area contributed by atoms with Gasteiger partial charge >= 0.3 is 5.97 Å². The second-order valence-corrected chi connectivity index (χ2v) is 7.33. The molecule has 1 fully saturated rings. The number of esters is 1. The van der Waals surface area contributed by atoms with Crippen molar-refractivity contribution in [2.75, 3.05) is 18.5 Å². The van der Waals surface area contributed by atoms with Crippen molar-refractivity contribution in [2.24, 2.45) is 5.92 Å². The zero-order valence-electron chi connectivity index (χ0n) is 15.6. The number of nitrogens with zero attached hydrogens (tertiary/aromatic N) is 1. The number of rotatable bonds is 6. The number of hydrogen-bond acceptors (Lipinski definition) is 5. The van der Waals surface area contributed by atoms with Gasteiger partial charge in [0.25, 0.3) is 11.8 Å². The van der Waals surface area contributed by atoms with Crippen LogP contribution in [0, 0.1) is 5.92 Å². The predicted molar refractivity (Wildman–Crippen MR) is 110 cm³/mol. The molecule has 8 nitrogen and oxygen atoms in total. The first-order valence-corrected chi connectivity index (χ1v) is 9.67. The fourth-order valence-corrected chi connectivity index (χ4v) is 3.13. The molecule has 2 aromatic rings. The van der Waals surface area contributed by atoms with Crippen molar-refractivity contribution in [3.05, 3.63) is 64.1 Å². The molecule has 1 aliphatic heterocycles. The van der Waals surface area contributed by atoms with E-state index in [1.54, 1.807) is 42.5 Å². The highest BCUT2D eigenvalue weighted by atomic mass is 35.5. The van der Waals surface area contributed by atoms with Crippen LogP contribution in [0.25, 0.3) is 0 Å². The van der Waals surface area contributed by atoms with Crippen molar-refractivity contribution in [3.63, 3.8) is 0 Å². The standard InChI is InChI=1S/C20H17Cl2N3O5/c21-13-5-7-14(8-6-13)23-17(26)11-30-20(29)12-9-18(27)25(10-12)24-19(28)15-3-1-2-4-16(15)22/h1-8,12H,9-11H2,(H,23,26)(H,24,28)/t12-/m0/s1. The first-order valence-electron chi connectivity index (χ1n) is 8.91. The van der Waals surface area contributed by atoms with Crippen molar-refractivity contribution in [2.45, 2.75) is 6.42 Å². The van der Waals surface area contributed by atoms with E-state index < -0.39 is 36.2 Å². The summed E-state index contributed by atoms with van der Waals surface area (Å²) in [6.45, 7) is -0.565. The number of amides is 3. The summed E-state index contributed by atoms with van der Waals surface area (Å²) in [5.41, 5.74) is 3.15. The monoisotopic (exact) mass is 449 g/mol. The molecule has 3 amide bonds. The molecule has 0 aromatic heterocycles. The maximum absolute atomic E-state index is 12.3. The van der Waals surface area contributed by atoms with Crippen molar-refractivity contribution >= 4 is 52.6 Å². The highest BCUT2D eigenvalue weighted by Crippen LogP contribution is 2.20. The van der Waals surface area contributed by atoms with E-state index in [2.05, 4.69) is 10.7 Å². The summed E-state index contributed by atoms with van der Waals surface area (Å²) in [4.78, 5) is 48.5. The Bertz CT molecular complexity index is 981. The minimum absolute atomic E-state index is 0.0628. The molecule has 2 aromatic carbocycles. The van der Waals surface area contributed by atoms with Gasteiger partial charge in [-0.2, -0.15) is 0 Å².